The summed E-state index contributed by atoms with van der Waals surface area (Å²) >= 11 is 0. The molecule has 1 amide bonds. The number of ether oxygens (including phenoxy) is 4. The van der Waals surface area contributed by atoms with E-state index in [4.69, 9.17) is 18.9 Å². The van der Waals surface area contributed by atoms with Crippen molar-refractivity contribution in [1.29, 1.82) is 0 Å². The van der Waals surface area contributed by atoms with Gasteiger partial charge in [0.1, 0.15) is 0 Å². The summed E-state index contributed by atoms with van der Waals surface area (Å²) in [5.41, 5.74) is 0.572. The second-order valence-electron chi connectivity index (χ2n) is 6.52. The molecule has 1 heterocycles. The molecule has 1 atom stereocenters. The molecular formula is C21H33NO5. The lowest BCUT2D eigenvalue weighted by Gasteiger charge is -2.33. The van der Waals surface area contributed by atoms with Gasteiger partial charge in [0.15, 0.2) is 11.5 Å². The lowest BCUT2D eigenvalue weighted by molar-refractivity contribution is 0.0500. The molecular weight excluding hydrogens is 346 g/mol. The van der Waals surface area contributed by atoms with E-state index in [-0.39, 0.29) is 5.91 Å². The van der Waals surface area contributed by atoms with Crippen molar-refractivity contribution in [2.75, 3.05) is 46.1 Å². The summed E-state index contributed by atoms with van der Waals surface area (Å²) in [5, 5.41) is 0. The first-order valence-corrected chi connectivity index (χ1v) is 10.1. The molecule has 0 spiro atoms. The first kappa shape index (κ1) is 21.4. The van der Waals surface area contributed by atoms with Crippen LogP contribution in [-0.4, -0.2) is 56.9 Å². The van der Waals surface area contributed by atoms with Crippen molar-refractivity contribution in [3.05, 3.63) is 17.7 Å². The van der Waals surface area contributed by atoms with Crippen LogP contribution in [0.25, 0.3) is 0 Å². The number of amides is 1. The zero-order valence-corrected chi connectivity index (χ0v) is 17.1. The fraction of sp³-hybridized carbons (Fsp3) is 0.667. The van der Waals surface area contributed by atoms with Gasteiger partial charge in [-0.1, -0.05) is 0 Å². The third kappa shape index (κ3) is 5.76. The summed E-state index contributed by atoms with van der Waals surface area (Å²) < 4.78 is 22.7. The normalized spacial score (nSPS) is 16.9. The van der Waals surface area contributed by atoms with Crippen LogP contribution < -0.4 is 14.2 Å². The largest absolute Gasteiger partial charge is 0.490 e. The van der Waals surface area contributed by atoms with Crippen molar-refractivity contribution < 1.29 is 23.7 Å². The third-order valence-electron chi connectivity index (χ3n) is 4.52. The lowest BCUT2D eigenvalue weighted by atomic mass is 9.98. The van der Waals surface area contributed by atoms with E-state index in [1.54, 1.807) is 12.1 Å². The Morgan fingerprint density at radius 1 is 1.00 bits per heavy atom. The molecule has 0 aliphatic carbocycles. The SMILES string of the molecule is CCOCC1CCCN(C(=O)c2cc(OCC)c(OCC)c(OCC)c2)C1. The average Bonchev–Trinajstić information content (AvgIpc) is 2.68. The monoisotopic (exact) mass is 379 g/mol. The third-order valence-corrected chi connectivity index (χ3v) is 4.52. The van der Waals surface area contributed by atoms with Crippen molar-refractivity contribution in [3.63, 3.8) is 0 Å². The molecule has 1 aromatic rings. The second-order valence-corrected chi connectivity index (χ2v) is 6.52. The van der Waals surface area contributed by atoms with Crippen LogP contribution in [0.3, 0.4) is 0 Å². The van der Waals surface area contributed by atoms with E-state index in [1.807, 2.05) is 32.6 Å². The Bertz CT molecular complexity index is 577. The van der Waals surface area contributed by atoms with Crippen LogP contribution in [0, 0.1) is 5.92 Å². The minimum absolute atomic E-state index is 0.00107. The van der Waals surface area contributed by atoms with Crippen molar-refractivity contribution in [2.24, 2.45) is 5.92 Å². The van der Waals surface area contributed by atoms with E-state index in [9.17, 15) is 4.79 Å². The van der Waals surface area contributed by atoms with Crippen molar-refractivity contribution in [1.82, 2.24) is 4.90 Å². The number of likely N-dealkylation sites (tertiary alicyclic amines) is 1. The van der Waals surface area contributed by atoms with Crippen molar-refractivity contribution >= 4 is 5.91 Å². The molecule has 1 aliphatic rings. The summed E-state index contributed by atoms with van der Waals surface area (Å²) in [4.78, 5) is 15.0. The first-order chi connectivity index (χ1) is 13.1. The number of hydrogen-bond acceptors (Lipinski definition) is 5. The molecule has 0 N–H and O–H groups in total. The number of carbonyl (C=O) groups is 1. The number of benzene rings is 1. The molecule has 152 valence electrons. The average molecular weight is 379 g/mol. The van der Waals surface area contributed by atoms with Gasteiger partial charge < -0.3 is 23.8 Å². The van der Waals surface area contributed by atoms with Crippen LogP contribution in [0.2, 0.25) is 0 Å². The summed E-state index contributed by atoms with van der Waals surface area (Å²) in [7, 11) is 0. The molecule has 0 bridgehead atoms. The van der Waals surface area contributed by atoms with Gasteiger partial charge in [-0.05, 0) is 58.6 Å². The second kappa shape index (κ2) is 11.0. The topological polar surface area (TPSA) is 57.2 Å². The first-order valence-electron chi connectivity index (χ1n) is 10.1. The number of carbonyl (C=O) groups excluding carboxylic acids is 1. The molecule has 1 fully saturated rings. The summed E-state index contributed by atoms with van der Waals surface area (Å²) in [5.74, 6) is 2.06. The van der Waals surface area contributed by atoms with E-state index < -0.39 is 0 Å². The lowest BCUT2D eigenvalue weighted by Crippen LogP contribution is -2.41. The van der Waals surface area contributed by atoms with Crippen LogP contribution in [0.1, 0.15) is 50.9 Å². The van der Waals surface area contributed by atoms with Gasteiger partial charge in [0, 0.05) is 25.3 Å². The van der Waals surface area contributed by atoms with Gasteiger partial charge in [0.25, 0.3) is 5.91 Å². The Labute approximate surface area is 162 Å². The summed E-state index contributed by atoms with van der Waals surface area (Å²) in [6.07, 6.45) is 2.10. The maximum absolute atomic E-state index is 13.1. The minimum Gasteiger partial charge on any atom is -0.490 e. The highest BCUT2D eigenvalue weighted by atomic mass is 16.5. The van der Waals surface area contributed by atoms with Crippen LogP contribution in [0.15, 0.2) is 12.1 Å². The summed E-state index contributed by atoms with van der Waals surface area (Å²) in [6.45, 7) is 12.1. The van der Waals surface area contributed by atoms with E-state index in [0.29, 0.717) is 61.8 Å². The number of rotatable bonds is 10. The zero-order valence-electron chi connectivity index (χ0n) is 17.1. The highest BCUT2D eigenvalue weighted by molar-refractivity contribution is 5.95. The molecule has 2 rings (SSSR count). The van der Waals surface area contributed by atoms with Gasteiger partial charge in [-0.15, -0.1) is 0 Å². The Morgan fingerprint density at radius 2 is 1.63 bits per heavy atom. The minimum atomic E-state index is 0.00107. The molecule has 0 aromatic heterocycles. The Hall–Kier alpha value is -1.95. The van der Waals surface area contributed by atoms with Crippen LogP contribution in [-0.2, 0) is 4.74 Å². The van der Waals surface area contributed by atoms with Crippen LogP contribution in [0.5, 0.6) is 17.2 Å². The van der Waals surface area contributed by atoms with Crippen LogP contribution >= 0.6 is 0 Å². The number of hydrogen-bond donors (Lipinski definition) is 0. The molecule has 27 heavy (non-hydrogen) atoms. The molecule has 1 aliphatic heterocycles. The van der Waals surface area contributed by atoms with E-state index in [2.05, 4.69) is 0 Å². The molecule has 6 heteroatoms. The maximum Gasteiger partial charge on any atom is 0.254 e. The van der Waals surface area contributed by atoms with Crippen molar-refractivity contribution in [3.8, 4) is 17.2 Å². The Balaban J connectivity index is 2.25. The highest BCUT2D eigenvalue weighted by Gasteiger charge is 2.26. The predicted octanol–water partition coefficient (Wildman–Crippen LogP) is 3.77. The zero-order chi connectivity index (χ0) is 19.6. The van der Waals surface area contributed by atoms with Crippen molar-refractivity contribution in [2.45, 2.75) is 40.5 Å². The summed E-state index contributed by atoms with van der Waals surface area (Å²) in [6, 6.07) is 3.54. The fourth-order valence-electron chi connectivity index (χ4n) is 3.36. The fourth-order valence-corrected chi connectivity index (χ4v) is 3.36. The quantitative estimate of drug-likeness (QED) is 0.619. The highest BCUT2D eigenvalue weighted by Crippen LogP contribution is 2.39. The standard InChI is InChI=1S/C21H33NO5/c1-5-24-15-16-10-9-11-22(14-16)21(23)17-12-18(25-6-2)20(27-8-4)19(13-17)26-7-3/h12-13,16H,5-11,14-15H2,1-4H3. The van der Waals surface area contributed by atoms with Gasteiger partial charge in [-0.25, -0.2) is 0 Å². The molecule has 0 saturated carbocycles. The molecule has 1 saturated heterocycles. The Kier molecular flexibility index (Phi) is 8.72. The molecule has 6 nitrogen and oxygen atoms in total. The van der Waals surface area contributed by atoms with E-state index in [0.717, 1.165) is 25.9 Å². The van der Waals surface area contributed by atoms with E-state index in [1.165, 1.54) is 0 Å². The van der Waals surface area contributed by atoms with Crippen LogP contribution in [0.4, 0.5) is 0 Å². The van der Waals surface area contributed by atoms with E-state index >= 15 is 0 Å². The molecule has 0 radical (unpaired) electrons. The predicted molar refractivity (Wildman–Crippen MR) is 105 cm³/mol. The number of piperidine rings is 1. The smallest absolute Gasteiger partial charge is 0.254 e. The molecule has 1 aromatic carbocycles. The van der Waals surface area contributed by atoms with Gasteiger partial charge in [-0.3, -0.25) is 4.79 Å². The van der Waals surface area contributed by atoms with Gasteiger partial charge in [0.05, 0.1) is 26.4 Å². The maximum atomic E-state index is 13.1. The van der Waals surface area contributed by atoms with Gasteiger partial charge in [0.2, 0.25) is 5.75 Å². The number of nitrogens with zero attached hydrogens (tertiary/aromatic N) is 1. The van der Waals surface area contributed by atoms with Gasteiger partial charge in [-0.2, -0.15) is 0 Å². The van der Waals surface area contributed by atoms with Gasteiger partial charge >= 0.3 is 0 Å². The molecule has 1 unspecified atom stereocenters. The Morgan fingerprint density at radius 3 is 2.19 bits per heavy atom.